The van der Waals surface area contributed by atoms with Gasteiger partial charge in [0.2, 0.25) is 0 Å². The Kier molecular flexibility index (Phi) is 5.31. The first-order valence-corrected chi connectivity index (χ1v) is 9.64. The molecule has 10 heteroatoms. The zero-order chi connectivity index (χ0) is 21.1. The number of fused-ring (bicyclic) bond motifs is 1. The average molecular weight is 424 g/mol. The van der Waals surface area contributed by atoms with Gasteiger partial charge in [-0.3, -0.25) is 14.9 Å². The molecule has 9 nitrogen and oxygen atoms in total. The first-order chi connectivity index (χ1) is 14.5. The van der Waals surface area contributed by atoms with Gasteiger partial charge in [0.25, 0.3) is 5.91 Å². The Morgan fingerprint density at radius 3 is 2.83 bits per heavy atom. The zero-order valence-corrected chi connectivity index (χ0v) is 16.6. The van der Waals surface area contributed by atoms with Crippen molar-refractivity contribution < 1.29 is 19.2 Å². The predicted molar refractivity (Wildman–Crippen MR) is 111 cm³/mol. The smallest absolute Gasteiger partial charge is 0.324 e. The fourth-order valence-electron chi connectivity index (χ4n) is 2.82. The molecule has 0 aliphatic heterocycles. The van der Waals surface area contributed by atoms with E-state index in [1.165, 1.54) is 19.2 Å². The lowest BCUT2D eigenvalue weighted by atomic mass is 10.2. The molecular weight excluding hydrogens is 408 g/mol. The van der Waals surface area contributed by atoms with Crippen molar-refractivity contribution in [2.75, 3.05) is 12.4 Å². The van der Waals surface area contributed by atoms with Gasteiger partial charge in [0, 0.05) is 30.2 Å². The van der Waals surface area contributed by atoms with Gasteiger partial charge in [-0.1, -0.05) is 17.4 Å². The van der Waals surface area contributed by atoms with E-state index in [0.29, 0.717) is 17.2 Å². The topological polar surface area (TPSA) is 108 Å². The third kappa shape index (κ3) is 4.08. The van der Waals surface area contributed by atoms with Crippen molar-refractivity contribution in [3.8, 4) is 11.5 Å². The van der Waals surface area contributed by atoms with E-state index in [-0.39, 0.29) is 16.5 Å². The molecule has 0 saturated carbocycles. The third-order valence-electron chi connectivity index (χ3n) is 4.21. The molecule has 152 valence electrons. The van der Waals surface area contributed by atoms with Gasteiger partial charge >= 0.3 is 5.00 Å². The zero-order valence-electron chi connectivity index (χ0n) is 15.8. The first kappa shape index (κ1) is 19.4. The number of carbonyl (C=O) groups is 1. The third-order valence-corrected chi connectivity index (χ3v) is 5.24. The van der Waals surface area contributed by atoms with Crippen LogP contribution in [0.5, 0.6) is 11.5 Å². The highest BCUT2D eigenvalue weighted by Gasteiger charge is 2.16. The number of ether oxygens (including phenoxy) is 2. The van der Waals surface area contributed by atoms with E-state index >= 15 is 0 Å². The Balaban J connectivity index is 1.49. The molecule has 3 aromatic heterocycles. The molecule has 0 aliphatic rings. The summed E-state index contributed by atoms with van der Waals surface area (Å²) in [6, 6.07) is 13.4. The van der Waals surface area contributed by atoms with Crippen LogP contribution in [-0.4, -0.2) is 27.3 Å². The van der Waals surface area contributed by atoms with Crippen molar-refractivity contribution in [2.24, 2.45) is 0 Å². The lowest BCUT2D eigenvalue weighted by Crippen LogP contribution is -2.10. The number of amides is 1. The number of nitrogens with zero attached hydrogens (tertiary/aromatic N) is 3. The Bertz CT molecular complexity index is 1200. The number of anilines is 1. The lowest BCUT2D eigenvalue weighted by molar-refractivity contribution is -0.380. The predicted octanol–water partition coefficient (Wildman–Crippen LogP) is 4.14. The standard InChI is InChI=1S/C20H16N4O5S/c1-28-15-6-5-13(22-20(25)17-7-8-19(30-17)24(26)27)10-16(15)29-12-14-11-23-9-3-2-4-18(23)21-14/h2-11H,12H2,1H3,(H,22,25). The number of benzene rings is 1. The summed E-state index contributed by atoms with van der Waals surface area (Å²) >= 11 is 0.812. The maximum Gasteiger partial charge on any atom is 0.324 e. The molecule has 4 rings (SSSR count). The number of nitrogens with one attached hydrogen (secondary N) is 1. The number of aromatic nitrogens is 2. The molecule has 1 amide bonds. The van der Waals surface area contributed by atoms with E-state index in [9.17, 15) is 14.9 Å². The minimum absolute atomic E-state index is 0.0913. The number of nitro groups is 1. The fraction of sp³-hybridized carbons (Fsp3) is 0.100. The van der Waals surface area contributed by atoms with E-state index in [1.54, 1.807) is 18.2 Å². The second-order valence-corrected chi connectivity index (χ2v) is 7.26. The summed E-state index contributed by atoms with van der Waals surface area (Å²) in [6.07, 6.45) is 3.77. The molecule has 0 radical (unpaired) electrons. The lowest BCUT2D eigenvalue weighted by Gasteiger charge is -2.12. The summed E-state index contributed by atoms with van der Waals surface area (Å²) in [5.41, 5.74) is 2.03. The SMILES string of the molecule is COc1ccc(NC(=O)c2ccc([N+](=O)[O-])s2)cc1OCc1cn2ccccc2n1. The Hall–Kier alpha value is -3.92. The van der Waals surface area contributed by atoms with E-state index in [4.69, 9.17) is 9.47 Å². The maximum atomic E-state index is 12.4. The molecule has 0 aliphatic carbocycles. The summed E-state index contributed by atoms with van der Waals surface area (Å²) in [4.78, 5) is 27.4. The number of pyridine rings is 1. The van der Waals surface area contributed by atoms with Gasteiger partial charge in [0.15, 0.2) is 11.5 Å². The second-order valence-electron chi connectivity index (χ2n) is 6.20. The highest BCUT2D eigenvalue weighted by Crippen LogP contribution is 2.32. The number of imidazole rings is 1. The highest BCUT2D eigenvalue weighted by molar-refractivity contribution is 7.17. The molecule has 3 heterocycles. The van der Waals surface area contributed by atoms with Gasteiger partial charge < -0.3 is 19.2 Å². The average Bonchev–Trinajstić information content (AvgIpc) is 3.39. The number of hydrogen-bond donors (Lipinski definition) is 1. The summed E-state index contributed by atoms with van der Waals surface area (Å²) < 4.78 is 13.1. The minimum Gasteiger partial charge on any atom is -0.493 e. The highest BCUT2D eigenvalue weighted by atomic mass is 32.1. The van der Waals surface area contributed by atoms with Gasteiger partial charge in [-0.25, -0.2) is 4.98 Å². The molecule has 4 aromatic rings. The summed E-state index contributed by atoms with van der Waals surface area (Å²) in [5, 5.41) is 13.4. The maximum absolute atomic E-state index is 12.4. The van der Waals surface area contributed by atoms with Crippen LogP contribution in [0.4, 0.5) is 10.7 Å². The van der Waals surface area contributed by atoms with Crippen molar-refractivity contribution in [1.29, 1.82) is 0 Å². The van der Waals surface area contributed by atoms with Crippen molar-refractivity contribution in [1.82, 2.24) is 9.38 Å². The van der Waals surface area contributed by atoms with Crippen LogP contribution in [0, 0.1) is 10.1 Å². The Labute approximate surface area is 174 Å². The van der Waals surface area contributed by atoms with Crippen LogP contribution < -0.4 is 14.8 Å². The summed E-state index contributed by atoms with van der Waals surface area (Å²) in [6.45, 7) is 0.215. The number of carbonyl (C=O) groups excluding carboxylic acids is 1. The van der Waals surface area contributed by atoms with Crippen LogP contribution in [0.1, 0.15) is 15.4 Å². The molecule has 0 saturated heterocycles. The van der Waals surface area contributed by atoms with Crippen LogP contribution in [0.2, 0.25) is 0 Å². The van der Waals surface area contributed by atoms with Crippen molar-refractivity contribution >= 4 is 33.6 Å². The van der Waals surface area contributed by atoms with E-state index in [0.717, 1.165) is 22.7 Å². The minimum atomic E-state index is -0.528. The molecule has 0 spiro atoms. The van der Waals surface area contributed by atoms with Crippen molar-refractivity contribution in [2.45, 2.75) is 6.61 Å². The molecule has 0 bridgehead atoms. The van der Waals surface area contributed by atoms with Crippen molar-refractivity contribution in [3.63, 3.8) is 0 Å². The number of rotatable bonds is 7. The van der Waals surface area contributed by atoms with E-state index in [1.807, 2.05) is 35.0 Å². The molecule has 1 N–H and O–H groups in total. The molecule has 0 fully saturated rings. The monoisotopic (exact) mass is 424 g/mol. The van der Waals surface area contributed by atoms with E-state index < -0.39 is 10.8 Å². The summed E-state index contributed by atoms with van der Waals surface area (Å²) in [5.74, 6) is 0.498. The van der Waals surface area contributed by atoms with E-state index in [2.05, 4.69) is 10.3 Å². The van der Waals surface area contributed by atoms with Crippen LogP contribution in [0.25, 0.3) is 5.65 Å². The second kappa shape index (κ2) is 8.21. The first-order valence-electron chi connectivity index (χ1n) is 8.82. The normalized spacial score (nSPS) is 10.7. The molecular formula is C20H16N4O5S. The Morgan fingerprint density at radius 1 is 1.23 bits per heavy atom. The summed E-state index contributed by atoms with van der Waals surface area (Å²) in [7, 11) is 1.52. The van der Waals surface area contributed by atoms with Gasteiger partial charge in [-0.15, -0.1) is 0 Å². The van der Waals surface area contributed by atoms with Crippen molar-refractivity contribution in [3.05, 3.63) is 81.6 Å². The van der Waals surface area contributed by atoms with Gasteiger partial charge in [-0.2, -0.15) is 0 Å². The number of methoxy groups -OCH3 is 1. The van der Waals surface area contributed by atoms with Crippen LogP contribution in [0.15, 0.2) is 60.9 Å². The molecule has 30 heavy (non-hydrogen) atoms. The molecule has 0 atom stereocenters. The molecule has 0 unspecified atom stereocenters. The number of hydrogen-bond acceptors (Lipinski definition) is 7. The van der Waals surface area contributed by atoms with Gasteiger partial charge in [-0.05, 0) is 30.3 Å². The quantitative estimate of drug-likeness (QED) is 0.353. The van der Waals surface area contributed by atoms with Crippen LogP contribution in [0.3, 0.4) is 0 Å². The largest absolute Gasteiger partial charge is 0.493 e. The van der Waals surface area contributed by atoms with Crippen LogP contribution in [-0.2, 0) is 6.61 Å². The number of thiophene rings is 1. The van der Waals surface area contributed by atoms with Gasteiger partial charge in [0.05, 0.1) is 22.6 Å². The van der Waals surface area contributed by atoms with Gasteiger partial charge in [0.1, 0.15) is 12.3 Å². The van der Waals surface area contributed by atoms with Crippen LogP contribution >= 0.6 is 11.3 Å². The molecule has 1 aromatic carbocycles. The Morgan fingerprint density at radius 2 is 2.10 bits per heavy atom. The fourth-order valence-corrected chi connectivity index (χ4v) is 3.53.